The summed E-state index contributed by atoms with van der Waals surface area (Å²) in [6, 6.07) is 7.01. The van der Waals surface area contributed by atoms with E-state index < -0.39 is 0 Å². The molecule has 0 aromatic heterocycles. The van der Waals surface area contributed by atoms with Gasteiger partial charge < -0.3 is 10.1 Å². The summed E-state index contributed by atoms with van der Waals surface area (Å²) in [6.45, 7) is 7.63. The van der Waals surface area contributed by atoms with E-state index in [2.05, 4.69) is 44.3 Å². The molecule has 2 nitrogen and oxygen atoms in total. The number of hydrogen-bond acceptors (Lipinski definition) is 2. The Bertz CT molecular complexity index is 415. The van der Waals surface area contributed by atoms with Crippen LogP contribution in [0.3, 0.4) is 0 Å². The number of methoxy groups -OCH3 is 1. The zero-order valence-corrected chi connectivity index (χ0v) is 13.5. The maximum absolute atomic E-state index is 6.00. The van der Waals surface area contributed by atoms with Crippen molar-refractivity contribution in [3.05, 3.63) is 34.9 Å². The van der Waals surface area contributed by atoms with Crippen LogP contribution in [0.4, 0.5) is 0 Å². The molecule has 1 aromatic carbocycles. The smallest absolute Gasteiger partial charge is 0.0834 e. The molecule has 0 radical (unpaired) electrons. The van der Waals surface area contributed by atoms with Gasteiger partial charge in [-0.3, -0.25) is 0 Å². The highest BCUT2D eigenvalue weighted by Crippen LogP contribution is 2.37. The van der Waals surface area contributed by atoms with Crippen molar-refractivity contribution >= 4 is 0 Å². The van der Waals surface area contributed by atoms with Crippen molar-refractivity contribution in [2.75, 3.05) is 13.7 Å². The lowest BCUT2D eigenvalue weighted by molar-refractivity contribution is -0.0351. The van der Waals surface area contributed by atoms with E-state index in [1.54, 1.807) is 0 Å². The molecule has 0 saturated heterocycles. The maximum Gasteiger partial charge on any atom is 0.0834 e. The largest absolute Gasteiger partial charge is 0.377 e. The zero-order valence-electron chi connectivity index (χ0n) is 13.5. The van der Waals surface area contributed by atoms with E-state index in [1.807, 2.05) is 7.11 Å². The van der Waals surface area contributed by atoms with Gasteiger partial charge in [0.25, 0.3) is 0 Å². The van der Waals surface area contributed by atoms with Gasteiger partial charge in [-0.1, -0.05) is 38.0 Å². The highest BCUT2D eigenvalue weighted by molar-refractivity contribution is 5.34. The number of hydrogen-bond donors (Lipinski definition) is 1. The van der Waals surface area contributed by atoms with Crippen LogP contribution in [0.25, 0.3) is 0 Å². The van der Waals surface area contributed by atoms with E-state index in [9.17, 15) is 0 Å². The number of likely N-dealkylation sites (N-methyl/N-ethyl adjacent to an activating group) is 1. The third-order valence-electron chi connectivity index (χ3n) is 4.99. The molecule has 0 spiro atoms. The molecule has 1 aromatic rings. The lowest BCUT2D eigenvalue weighted by Gasteiger charge is -2.37. The third kappa shape index (κ3) is 3.07. The van der Waals surface area contributed by atoms with Crippen LogP contribution >= 0.6 is 0 Å². The van der Waals surface area contributed by atoms with Gasteiger partial charge in [-0.05, 0) is 56.3 Å². The van der Waals surface area contributed by atoms with Gasteiger partial charge in [0.2, 0.25) is 0 Å². The summed E-state index contributed by atoms with van der Waals surface area (Å²) in [5.41, 5.74) is 4.32. The Hall–Kier alpha value is -0.860. The van der Waals surface area contributed by atoms with Crippen molar-refractivity contribution < 1.29 is 4.74 Å². The van der Waals surface area contributed by atoms with Crippen LogP contribution in [-0.2, 0) is 11.2 Å². The van der Waals surface area contributed by atoms with E-state index in [4.69, 9.17) is 4.74 Å². The van der Waals surface area contributed by atoms with Crippen LogP contribution in [0.15, 0.2) is 18.2 Å². The van der Waals surface area contributed by atoms with E-state index in [-0.39, 0.29) is 5.60 Å². The molecule has 2 rings (SSSR count). The first kappa shape index (κ1) is 15.5. The summed E-state index contributed by atoms with van der Waals surface area (Å²) >= 11 is 0. The van der Waals surface area contributed by atoms with Crippen LogP contribution in [0.1, 0.15) is 49.3 Å². The molecule has 1 unspecified atom stereocenters. The fourth-order valence-corrected chi connectivity index (χ4v) is 3.73. The highest BCUT2D eigenvalue weighted by Gasteiger charge is 2.41. The standard InChI is InChI=1S/C18H29NO/c1-5-19-17(18(20-4)11-6-7-12-18)13-16-14(2)9-8-10-15(16)3/h8-10,17,19H,5-7,11-13H2,1-4H3. The minimum atomic E-state index is 0.0325. The van der Waals surface area contributed by atoms with Crippen LogP contribution in [0.5, 0.6) is 0 Å². The van der Waals surface area contributed by atoms with Crippen molar-refractivity contribution in [2.24, 2.45) is 0 Å². The van der Waals surface area contributed by atoms with Gasteiger partial charge >= 0.3 is 0 Å². The van der Waals surface area contributed by atoms with Crippen molar-refractivity contribution in [1.29, 1.82) is 0 Å². The van der Waals surface area contributed by atoms with Crippen LogP contribution in [0.2, 0.25) is 0 Å². The lowest BCUT2D eigenvalue weighted by atomic mass is 9.85. The molecule has 20 heavy (non-hydrogen) atoms. The van der Waals surface area contributed by atoms with Gasteiger partial charge in [-0.25, -0.2) is 0 Å². The van der Waals surface area contributed by atoms with Crippen molar-refractivity contribution in [3.8, 4) is 0 Å². The zero-order chi connectivity index (χ0) is 14.6. The fourth-order valence-electron chi connectivity index (χ4n) is 3.73. The van der Waals surface area contributed by atoms with Crippen LogP contribution in [0, 0.1) is 13.8 Å². The van der Waals surface area contributed by atoms with Gasteiger partial charge in [0, 0.05) is 13.2 Å². The Balaban J connectivity index is 2.25. The van der Waals surface area contributed by atoms with Gasteiger partial charge in [0.15, 0.2) is 0 Å². The Morgan fingerprint density at radius 1 is 1.20 bits per heavy atom. The molecule has 1 N–H and O–H groups in total. The summed E-state index contributed by atoms with van der Waals surface area (Å²) in [5.74, 6) is 0. The molecule has 112 valence electrons. The summed E-state index contributed by atoms with van der Waals surface area (Å²) in [6.07, 6.45) is 6.03. The molecule has 0 aliphatic heterocycles. The molecule has 1 fully saturated rings. The summed E-state index contributed by atoms with van der Waals surface area (Å²) in [7, 11) is 1.89. The fraction of sp³-hybridized carbons (Fsp3) is 0.667. The molecule has 0 bridgehead atoms. The normalized spacial score (nSPS) is 19.2. The molecule has 0 amide bonds. The summed E-state index contributed by atoms with van der Waals surface area (Å²) < 4.78 is 6.00. The average Bonchev–Trinajstić information content (AvgIpc) is 2.92. The topological polar surface area (TPSA) is 21.3 Å². The number of benzene rings is 1. The van der Waals surface area contributed by atoms with E-state index >= 15 is 0 Å². The third-order valence-corrected chi connectivity index (χ3v) is 4.99. The summed E-state index contributed by atoms with van der Waals surface area (Å²) in [4.78, 5) is 0. The van der Waals surface area contributed by atoms with Gasteiger partial charge in [-0.2, -0.15) is 0 Å². The lowest BCUT2D eigenvalue weighted by Crippen LogP contribution is -2.51. The van der Waals surface area contributed by atoms with Crippen molar-refractivity contribution in [2.45, 2.75) is 64.5 Å². The van der Waals surface area contributed by atoms with Crippen molar-refractivity contribution in [1.82, 2.24) is 5.32 Å². The van der Waals surface area contributed by atoms with E-state index in [1.165, 1.54) is 42.4 Å². The molecular formula is C18H29NO. The monoisotopic (exact) mass is 275 g/mol. The van der Waals surface area contributed by atoms with Gasteiger partial charge in [0.05, 0.1) is 5.60 Å². The van der Waals surface area contributed by atoms with Gasteiger partial charge in [0.1, 0.15) is 0 Å². The predicted octanol–water partition coefficient (Wildman–Crippen LogP) is 3.78. The highest BCUT2D eigenvalue weighted by atomic mass is 16.5. The molecule has 1 aliphatic carbocycles. The first-order chi connectivity index (χ1) is 9.63. The Morgan fingerprint density at radius 3 is 2.30 bits per heavy atom. The maximum atomic E-state index is 6.00. The first-order valence-electron chi connectivity index (χ1n) is 7.96. The molecule has 1 atom stereocenters. The number of nitrogens with one attached hydrogen (secondary N) is 1. The van der Waals surface area contributed by atoms with Crippen molar-refractivity contribution in [3.63, 3.8) is 0 Å². The van der Waals surface area contributed by atoms with E-state index in [0.717, 1.165) is 13.0 Å². The van der Waals surface area contributed by atoms with Crippen LogP contribution < -0.4 is 5.32 Å². The molecule has 1 saturated carbocycles. The second-order valence-corrected chi connectivity index (χ2v) is 6.16. The molecule has 0 heterocycles. The number of aryl methyl sites for hydroxylation is 2. The van der Waals surface area contributed by atoms with E-state index in [0.29, 0.717) is 6.04 Å². The summed E-state index contributed by atoms with van der Waals surface area (Å²) in [5, 5.41) is 3.69. The molecular weight excluding hydrogens is 246 g/mol. The van der Waals surface area contributed by atoms with Gasteiger partial charge in [-0.15, -0.1) is 0 Å². The number of ether oxygens (including phenoxy) is 1. The minimum absolute atomic E-state index is 0.0325. The Kier molecular flexibility index (Phi) is 5.22. The Labute approximate surface area is 123 Å². The quantitative estimate of drug-likeness (QED) is 0.853. The Morgan fingerprint density at radius 2 is 1.80 bits per heavy atom. The number of rotatable bonds is 6. The minimum Gasteiger partial charge on any atom is -0.377 e. The molecule has 2 heteroatoms. The van der Waals surface area contributed by atoms with Crippen LogP contribution in [-0.4, -0.2) is 25.3 Å². The second-order valence-electron chi connectivity index (χ2n) is 6.16. The molecule has 1 aliphatic rings. The predicted molar refractivity (Wildman–Crippen MR) is 85.3 cm³/mol. The SMILES string of the molecule is CCNC(Cc1c(C)cccc1C)C1(OC)CCCC1. The first-order valence-corrected chi connectivity index (χ1v) is 7.96. The average molecular weight is 275 g/mol. The second kappa shape index (κ2) is 6.73.